The number of hydrazine groups is 2. The summed E-state index contributed by atoms with van der Waals surface area (Å²) >= 11 is 5.79. The monoisotopic (exact) mass is 184 g/mol. The average molecular weight is 185 g/mol. The van der Waals surface area contributed by atoms with E-state index in [0.29, 0.717) is 5.16 Å². The number of halogens is 1. The van der Waals surface area contributed by atoms with Gasteiger partial charge in [0.1, 0.15) is 11.0 Å². The summed E-state index contributed by atoms with van der Waals surface area (Å²) in [4.78, 5) is 4.10. The van der Waals surface area contributed by atoms with Crippen molar-refractivity contribution in [2.24, 2.45) is 4.99 Å². The minimum Gasteiger partial charge on any atom is -0.299 e. The Morgan fingerprint density at radius 2 is 2.33 bits per heavy atom. The van der Waals surface area contributed by atoms with Gasteiger partial charge in [0.25, 0.3) is 0 Å². The highest BCUT2D eigenvalue weighted by Gasteiger charge is 2.22. The number of allylic oxidation sites excluding steroid dienone is 1. The molecule has 0 saturated heterocycles. The van der Waals surface area contributed by atoms with Crippen molar-refractivity contribution in [2.45, 2.75) is 6.92 Å². The van der Waals surface area contributed by atoms with E-state index in [0.717, 1.165) is 11.5 Å². The van der Waals surface area contributed by atoms with Gasteiger partial charge in [-0.2, -0.15) is 0 Å². The number of nitrogens with zero attached hydrogens (tertiary/aromatic N) is 3. The van der Waals surface area contributed by atoms with Crippen molar-refractivity contribution < 1.29 is 0 Å². The van der Waals surface area contributed by atoms with Crippen LogP contribution in [-0.2, 0) is 0 Å². The van der Waals surface area contributed by atoms with Gasteiger partial charge in [-0.05, 0) is 6.92 Å². The van der Waals surface area contributed by atoms with Gasteiger partial charge < -0.3 is 0 Å². The minimum absolute atomic E-state index is 0.520. The first-order chi connectivity index (χ1) is 5.66. The van der Waals surface area contributed by atoms with Crippen LogP contribution < -0.4 is 5.53 Å². The predicted octanol–water partition coefficient (Wildman–Crippen LogP) is 1.01. The Bertz CT molecular complexity index is 305. The average Bonchev–Trinajstić information content (AvgIpc) is 2.29. The van der Waals surface area contributed by atoms with Crippen LogP contribution in [0.1, 0.15) is 6.92 Å². The number of amidine groups is 1. The van der Waals surface area contributed by atoms with E-state index in [1.807, 2.05) is 36.3 Å². The summed E-state index contributed by atoms with van der Waals surface area (Å²) < 4.78 is 0. The molecule has 64 valence electrons. The SMILES string of the molecule is CC1=NC(Cl)=CC2=CN(C)NN21. The smallest absolute Gasteiger partial charge is 0.133 e. The molecule has 5 heteroatoms. The third-order valence-corrected chi connectivity index (χ3v) is 1.89. The van der Waals surface area contributed by atoms with E-state index >= 15 is 0 Å². The summed E-state index contributed by atoms with van der Waals surface area (Å²) in [6, 6.07) is 0. The first-order valence-electron chi connectivity index (χ1n) is 3.60. The number of aliphatic imine (C=N–C) groups is 1. The van der Waals surface area contributed by atoms with E-state index in [9.17, 15) is 0 Å². The first-order valence-corrected chi connectivity index (χ1v) is 3.98. The number of hydrogen-bond acceptors (Lipinski definition) is 4. The van der Waals surface area contributed by atoms with Crippen LogP contribution in [0.15, 0.2) is 28.1 Å². The Morgan fingerprint density at radius 3 is 3.08 bits per heavy atom. The first kappa shape index (κ1) is 7.64. The molecule has 0 fully saturated rings. The fourth-order valence-electron chi connectivity index (χ4n) is 1.22. The van der Waals surface area contributed by atoms with Gasteiger partial charge in [-0.1, -0.05) is 11.6 Å². The van der Waals surface area contributed by atoms with Gasteiger partial charge in [0.2, 0.25) is 0 Å². The molecule has 2 heterocycles. The summed E-state index contributed by atoms with van der Waals surface area (Å²) in [7, 11) is 1.92. The van der Waals surface area contributed by atoms with Crippen LogP contribution in [0.25, 0.3) is 0 Å². The normalized spacial score (nSPS) is 21.8. The lowest BCUT2D eigenvalue weighted by molar-refractivity contribution is 0.226. The molecule has 0 atom stereocenters. The zero-order valence-corrected chi connectivity index (χ0v) is 7.63. The Kier molecular flexibility index (Phi) is 1.59. The van der Waals surface area contributed by atoms with E-state index in [1.54, 1.807) is 0 Å². The Balaban J connectivity index is 2.37. The van der Waals surface area contributed by atoms with Crippen molar-refractivity contribution in [3.63, 3.8) is 0 Å². The fourth-order valence-corrected chi connectivity index (χ4v) is 1.45. The summed E-state index contributed by atoms with van der Waals surface area (Å²) in [5, 5.41) is 4.23. The van der Waals surface area contributed by atoms with Gasteiger partial charge >= 0.3 is 0 Å². The zero-order chi connectivity index (χ0) is 8.72. The highest BCUT2D eigenvalue weighted by Crippen LogP contribution is 2.21. The summed E-state index contributed by atoms with van der Waals surface area (Å²) in [5.41, 5.74) is 4.08. The van der Waals surface area contributed by atoms with Crippen molar-refractivity contribution in [3.8, 4) is 0 Å². The largest absolute Gasteiger partial charge is 0.299 e. The lowest BCUT2D eigenvalue weighted by Gasteiger charge is -2.23. The number of rotatable bonds is 0. The van der Waals surface area contributed by atoms with Gasteiger partial charge in [0.15, 0.2) is 0 Å². The summed E-state index contributed by atoms with van der Waals surface area (Å²) in [6.07, 6.45) is 3.76. The maximum atomic E-state index is 5.79. The molecule has 0 aromatic carbocycles. The minimum atomic E-state index is 0.520. The van der Waals surface area contributed by atoms with Crippen LogP contribution in [0.5, 0.6) is 0 Å². The van der Waals surface area contributed by atoms with Crippen molar-refractivity contribution >= 4 is 17.4 Å². The van der Waals surface area contributed by atoms with Crippen LogP contribution in [0.2, 0.25) is 0 Å². The van der Waals surface area contributed by atoms with Gasteiger partial charge in [-0.25, -0.2) is 10.0 Å². The fraction of sp³-hybridized carbons (Fsp3) is 0.286. The molecule has 0 spiro atoms. The van der Waals surface area contributed by atoms with Gasteiger partial charge in [0, 0.05) is 19.3 Å². The molecular formula is C7H9ClN4. The van der Waals surface area contributed by atoms with Crippen LogP contribution in [-0.4, -0.2) is 22.9 Å². The molecule has 0 aliphatic carbocycles. The highest BCUT2D eigenvalue weighted by molar-refractivity contribution is 6.30. The highest BCUT2D eigenvalue weighted by atomic mass is 35.5. The van der Waals surface area contributed by atoms with Crippen LogP contribution >= 0.6 is 11.6 Å². The van der Waals surface area contributed by atoms with Gasteiger partial charge in [-0.15, -0.1) is 5.53 Å². The van der Waals surface area contributed by atoms with Crippen LogP contribution in [0.4, 0.5) is 0 Å². The van der Waals surface area contributed by atoms with E-state index in [1.165, 1.54) is 0 Å². The quantitative estimate of drug-likeness (QED) is 0.570. The molecule has 0 unspecified atom stereocenters. The second-order valence-corrected chi connectivity index (χ2v) is 3.11. The van der Waals surface area contributed by atoms with Crippen LogP contribution in [0.3, 0.4) is 0 Å². The molecule has 0 aromatic heterocycles. The summed E-state index contributed by atoms with van der Waals surface area (Å²) in [5.74, 6) is 0.845. The second kappa shape index (κ2) is 2.50. The van der Waals surface area contributed by atoms with Crippen molar-refractivity contribution in [3.05, 3.63) is 23.1 Å². The molecule has 4 nitrogen and oxygen atoms in total. The molecule has 2 aliphatic heterocycles. The third kappa shape index (κ3) is 1.09. The molecule has 0 aromatic rings. The molecule has 12 heavy (non-hydrogen) atoms. The maximum Gasteiger partial charge on any atom is 0.133 e. The molecule has 0 bridgehead atoms. The van der Waals surface area contributed by atoms with Gasteiger partial charge in [0.05, 0.1) is 5.70 Å². The lowest BCUT2D eigenvalue weighted by Crippen LogP contribution is -2.42. The standard InChI is InChI=1S/C7H9ClN4/c1-5-9-7(8)3-6-4-11(2)10-12(5)6/h3-4,10H,1-2H3. The molecule has 0 saturated carbocycles. The molecular weight excluding hydrogens is 176 g/mol. The number of fused-ring (bicyclic) bond motifs is 1. The second-order valence-electron chi connectivity index (χ2n) is 2.73. The Morgan fingerprint density at radius 1 is 1.58 bits per heavy atom. The maximum absolute atomic E-state index is 5.79. The Labute approximate surface area is 75.7 Å². The van der Waals surface area contributed by atoms with E-state index in [4.69, 9.17) is 11.6 Å². The third-order valence-electron chi connectivity index (χ3n) is 1.70. The van der Waals surface area contributed by atoms with E-state index in [2.05, 4.69) is 10.5 Å². The lowest BCUT2D eigenvalue weighted by atomic mass is 10.4. The number of nitrogens with one attached hydrogen (secondary N) is 1. The van der Waals surface area contributed by atoms with E-state index in [-0.39, 0.29) is 0 Å². The zero-order valence-electron chi connectivity index (χ0n) is 6.87. The molecule has 1 N–H and O–H groups in total. The van der Waals surface area contributed by atoms with Crippen molar-refractivity contribution in [1.29, 1.82) is 0 Å². The summed E-state index contributed by atoms with van der Waals surface area (Å²) in [6.45, 7) is 1.90. The molecule has 0 amide bonds. The van der Waals surface area contributed by atoms with E-state index < -0.39 is 0 Å². The molecule has 0 radical (unpaired) electrons. The van der Waals surface area contributed by atoms with Gasteiger partial charge in [-0.3, -0.25) is 5.01 Å². The predicted molar refractivity (Wildman–Crippen MR) is 47.9 cm³/mol. The van der Waals surface area contributed by atoms with Crippen LogP contribution in [0, 0.1) is 0 Å². The topological polar surface area (TPSA) is 30.9 Å². The number of hydrogen-bond donors (Lipinski definition) is 1. The molecule has 2 aliphatic rings. The van der Waals surface area contributed by atoms with Crippen molar-refractivity contribution in [1.82, 2.24) is 15.6 Å². The molecule has 2 rings (SSSR count). The van der Waals surface area contributed by atoms with Crippen molar-refractivity contribution in [2.75, 3.05) is 7.05 Å². The Hall–Kier alpha value is -1.00.